The van der Waals surface area contributed by atoms with E-state index in [1.807, 2.05) is 0 Å². The first kappa shape index (κ1) is 10.8. The third-order valence-electron chi connectivity index (χ3n) is 1.90. The molecular weight excluding hydrogens is 194 g/mol. The predicted octanol–water partition coefficient (Wildman–Crippen LogP) is 2.27. The molecule has 0 fully saturated rings. The van der Waals surface area contributed by atoms with Crippen molar-refractivity contribution in [2.24, 2.45) is 0 Å². The number of hydrogen-bond acceptors (Lipinski definition) is 4. The van der Waals surface area contributed by atoms with Crippen molar-refractivity contribution in [3.05, 3.63) is 53.9 Å². The number of nitro benzene ring substituents is 1. The molecule has 2 N–H and O–H groups in total. The molecule has 0 amide bonds. The second-order valence-corrected chi connectivity index (χ2v) is 2.77. The zero-order valence-corrected chi connectivity index (χ0v) is 8.09. The minimum atomic E-state index is -0.525. The van der Waals surface area contributed by atoms with Crippen LogP contribution in [0, 0.1) is 10.1 Å². The van der Waals surface area contributed by atoms with Gasteiger partial charge in [-0.05, 0) is 12.1 Å². The van der Waals surface area contributed by atoms with Gasteiger partial charge in [0.1, 0.15) is 5.69 Å². The zero-order valence-electron chi connectivity index (χ0n) is 8.09. The highest BCUT2D eigenvalue weighted by Gasteiger charge is 2.12. The van der Waals surface area contributed by atoms with Gasteiger partial charge in [-0.2, -0.15) is 0 Å². The first-order valence-electron chi connectivity index (χ1n) is 4.17. The molecule has 0 saturated carbocycles. The van der Waals surface area contributed by atoms with Gasteiger partial charge in [-0.25, -0.2) is 0 Å². The summed E-state index contributed by atoms with van der Waals surface area (Å²) in [5, 5.41) is 10.6. The van der Waals surface area contributed by atoms with Gasteiger partial charge in [-0.15, -0.1) is 0 Å². The molecule has 1 aromatic rings. The Labute approximate surface area is 87.3 Å². The quantitative estimate of drug-likeness (QED) is 0.465. The van der Waals surface area contributed by atoms with Gasteiger partial charge in [0, 0.05) is 18.5 Å². The maximum absolute atomic E-state index is 10.6. The van der Waals surface area contributed by atoms with Crippen LogP contribution >= 0.6 is 0 Å². The van der Waals surface area contributed by atoms with E-state index >= 15 is 0 Å². The number of anilines is 2. The fourth-order valence-corrected chi connectivity index (χ4v) is 1.14. The Morgan fingerprint density at radius 3 is 2.47 bits per heavy atom. The second-order valence-electron chi connectivity index (χ2n) is 2.77. The fraction of sp³-hybridized carbons (Fsp3) is 0. The Kier molecular flexibility index (Phi) is 3.07. The third-order valence-corrected chi connectivity index (χ3v) is 1.90. The first-order valence-corrected chi connectivity index (χ1v) is 4.17. The summed E-state index contributed by atoms with van der Waals surface area (Å²) in [4.78, 5) is 11.7. The number of rotatable bonds is 4. The molecule has 0 spiro atoms. The fourth-order valence-electron chi connectivity index (χ4n) is 1.14. The van der Waals surface area contributed by atoms with Gasteiger partial charge in [0.2, 0.25) is 0 Å². The summed E-state index contributed by atoms with van der Waals surface area (Å²) in [6.45, 7) is 7.12. The Bertz CT molecular complexity index is 407. The van der Waals surface area contributed by atoms with Gasteiger partial charge in [0.25, 0.3) is 5.69 Å². The molecule has 1 aromatic carbocycles. The van der Waals surface area contributed by atoms with Gasteiger partial charge in [-0.1, -0.05) is 13.2 Å². The summed E-state index contributed by atoms with van der Waals surface area (Å²) < 4.78 is 0. The van der Waals surface area contributed by atoms with Crippen LogP contribution in [0.1, 0.15) is 0 Å². The summed E-state index contributed by atoms with van der Waals surface area (Å²) in [5.41, 5.74) is 6.07. The summed E-state index contributed by atoms with van der Waals surface area (Å²) >= 11 is 0. The standard InChI is InChI=1S/C10H11N3O2/c1-3-12(4-2)8-5-6-9(11)10(7-8)13(14)15/h3-7H,1-2,11H2. The first-order chi connectivity index (χ1) is 7.10. The molecule has 0 aromatic heterocycles. The topological polar surface area (TPSA) is 72.4 Å². The second kappa shape index (κ2) is 4.28. The molecule has 15 heavy (non-hydrogen) atoms. The van der Waals surface area contributed by atoms with E-state index in [1.54, 1.807) is 11.0 Å². The van der Waals surface area contributed by atoms with Crippen molar-refractivity contribution in [1.29, 1.82) is 0 Å². The monoisotopic (exact) mass is 205 g/mol. The Hall–Kier alpha value is -2.30. The van der Waals surface area contributed by atoms with Gasteiger partial charge in [-0.3, -0.25) is 10.1 Å². The average molecular weight is 205 g/mol. The molecule has 0 bridgehead atoms. The van der Waals surface area contributed by atoms with Gasteiger partial charge < -0.3 is 10.6 Å². The van der Waals surface area contributed by atoms with Crippen LogP contribution in [0.15, 0.2) is 43.8 Å². The van der Waals surface area contributed by atoms with Crippen LogP contribution in [0.4, 0.5) is 17.1 Å². The van der Waals surface area contributed by atoms with Gasteiger partial charge >= 0.3 is 0 Å². The minimum absolute atomic E-state index is 0.124. The smallest absolute Gasteiger partial charge is 0.294 e. The lowest BCUT2D eigenvalue weighted by Gasteiger charge is -2.14. The molecule has 0 saturated heterocycles. The molecule has 0 aliphatic carbocycles. The van der Waals surface area contributed by atoms with E-state index in [0.717, 1.165) is 0 Å². The lowest BCUT2D eigenvalue weighted by atomic mass is 10.2. The van der Waals surface area contributed by atoms with E-state index in [0.29, 0.717) is 5.69 Å². The normalized spacial score (nSPS) is 9.33. The molecule has 0 atom stereocenters. The van der Waals surface area contributed by atoms with E-state index < -0.39 is 4.92 Å². The van der Waals surface area contributed by atoms with Gasteiger partial charge in [0.05, 0.1) is 10.6 Å². The maximum atomic E-state index is 10.6. The number of hydrogen-bond donors (Lipinski definition) is 1. The van der Waals surface area contributed by atoms with Crippen molar-refractivity contribution in [2.75, 3.05) is 10.6 Å². The lowest BCUT2D eigenvalue weighted by Crippen LogP contribution is -2.06. The van der Waals surface area contributed by atoms with Crippen molar-refractivity contribution >= 4 is 17.1 Å². The summed E-state index contributed by atoms with van der Waals surface area (Å²) in [6.07, 6.45) is 3.00. The van der Waals surface area contributed by atoms with E-state index in [4.69, 9.17) is 5.73 Å². The zero-order chi connectivity index (χ0) is 11.4. The number of nitrogens with two attached hydrogens (primary N) is 1. The summed E-state index contributed by atoms with van der Waals surface area (Å²) in [5.74, 6) is 0. The van der Waals surface area contributed by atoms with Crippen molar-refractivity contribution in [3.63, 3.8) is 0 Å². The molecule has 0 radical (unpaired) electrons. The van der Waals surface area contributed by atoms with Gasteiger partial charge in [0.15, 0.2) is 0 Å². The predicted molar refractivity (Wildman–Crippen MR) is 60.4 cm³/mol. The van der Waals surface area contributed by atoms with Crippen LogP contribution < -0.4 is 10.6 Å². The lowest BCUT2D eigenvalue weighted by molar-refractivity contribution is -0.383. The molecule has 0 aliphatic rings. The maximum Gasteiger partial charge on any atom is 0.294 e. The third kappa shape index (κ3) is 2.14. The molecule has 0 heterocycles. The van der Waals surface area contributed by atoms with Crippen LogP contribution in [0.2, 0.25) is 0 Å². The average Bonchev–Trinajstić information content (AvgIpc) is 2.21. The van der Waals surface area contributed by atoms with E-state index in [2.05, 4.69) is 13.2 Å². The molecule has 0 aliphatic heterocycles. The molecule has 5 nitrogen and oxygen atoms in total. The van der Waals surface area contributed by atoms with E-state index in [9.17, 15) is 10.1 Å². The van der Waals surface area contributed by atoms with Crippen molar-refractivity contribution in [2.45, 2.75) is 0 Å². The van der Waals surface area contributed by atoms with Crippen molar-refractivity contribution in [3.8, 4) is 0 Å². The molecule has 1 rings (SSSR count). The molecule has 0 unspecified atom stereocenters. The Morgan fingerprint density at radius 2 is 2.00 bits per heavy atom. The summed E-state index contributed by atoms with van der Waals surface area (Å²) in [6, 6.07) is 4.51. The molecule has 78 valence electrons. The number of benzene rings is 1. The van der Waals surface area contributed by atoms with Crippen molar-refractivity contribution in [1.82, 2.24) is 0 Å². The number of nitrogen functional groups attached to an aromatic ring is 1. The number of nitrogens with zero attached hydrogens (tertiary/aromatic N) is 2. The SMILES string of the molecule is C=CN(C=C)c1ccc(N)c([N+](=O)[O-])c1. The highest BCUT2D eigenvalue weighted by molar-refractivity contribution is 5.67. The number of nitro groups is 1. The van der Waals surface area contributed by atoms with Crippen LogP contribution in [-0.2, 0) is 0 Å². The van der Waals surface area contributed by atoms with E-state index in [-0.39, 0.29) is 11.4 Å². The van der Waals surface area contributed by atoms with E-state index in [1.165, 1.54) is 24.5 Å². The minimum Gasteiger partial charge on any atom is -0.393 e. The Balaban J connectivity index is 3.23. The Morgan fingerprint density at radius 1 is 1.40 bits per heavy atom. The highest BCUT2D eigenvalue weighted by atomic mass is 16.6. The van der Waals surface area contributed by atoms with Crippen LogP contribution in [0.5, 0.6) is 0 Å². The van der Waals surface area contributed by atoms with Crippen molar-refractivity contribution < 1.29 is 4.92 Å². The molecular formula is C10H11N3O2. The molecule has 5 heteroatoms. The highest BCUT2D eigenvalue weighted by Crippen LogP contribution is 2.27. The van der Waals surface area contributed by atoms with Crippen LogP contribution in [0.3, 0.4) is 0 Å². The van der Waals surface area contributed by atoms with Crippen LogP contribution in [0.25, 0.3) is 0 Å². The largest absolute Gasteiger partial charge is 0.393 e. The van der Waals surface area contributed by atoms with Crippen LogP contribution in [-0.4, -0.2) is 4.92 Å². The summed E-state index contributed by atoms with van der Waals surface area (Å²) in [7, 11) is 0.